The first kappa shape index (κ1) is 18.7. The first-order valence-corrected chi connectivity index (χ1v) is 9.73. The van der Waals surface area contributed by atoms with E-state index in [9.17, 15) is 4.79 Å². The lowest BCUT2D eigenvalue weighted by molar-refractivity contribution is -0.115. The molecule has 0 unspecified atom stereocenters. The number of benzene rings is 1. The van der Waals surface area contributed by atoms with E-state index in [0.29, 0.717) is 16.6 Å². The van der Waals surface area contributed by atoms with Crippen molar-refractivity contribution in [2.45, 2.75) is 32.2 Å². The summed E-state index contributed by atoms with van der Waals surface area (Å²) in [4.78, 5) is 19.4. The zero-order valence-electron chi connectivity index (χ0n) is 15.3. The van der Waals surface area contributed by atoms with Crippen LogP contribution in [-0.4, -0.2) is 43.1 Å². The standard InChI is InChI=1S/C19H25N3O3S/c1-24-16-6-7-17(25-2)14(10-16)11-18(23)21-19-20-15(13-26-19)12-22-8-4-3-5-9-22/h6-7,10,13H,3-5,8-9,11-12H2,1-2H3,(H,20,21,23). The second kappa shape index (κ2) is 9.00. The molecule has 0 spiro atoms. The Hall–Kier alpha value is -2.12. The van der Waals surface area contributed by atoms with Crippen LogP contribution in [0.15, 0.2) is 23.6 Å². The third kappa shape index (κ3) is 4.95. The van der Waals surface area contributed by atoms with Crippen LogP contribution >= 0.6 is 11.3 Å². The maximum absolute atomic E-state index is 12.4. The number of amides is 1. The highest BCUT2D eigenvalue weighted by Crippen LogP contribution is 2.25. The fourth-order valence-electron chi connectivity index (χ4n) is 3.14. The van der Waals surface area contributed by atoms with Gasteiger partial charge in [0.1, 0.15) is 11.5 Å². The van der Waals surface area contributed by atoms with E-state index in [-0.39, 0.29) is 12.3 Å². The average molecular weight is 375 g/mol. The Balaban J connectivity index is 1.58. The molecule has 1 aliphatic rings. The van der Waals surface area contributed by atoms with Crippen molar-refractivity contribution in [3.05, 3.63) is 34.8 Å². The number of thiazole rings is 1. The van der Waals surface area contributed by atoms with E-state index in [1.165, 1.54) is 30.6 Å². The number of piperidine rings is 1. The largest absolute Gasteiger partial charge is 0.497 e. The van der Waals surface area contributed by atoms with E-state index in [2.05, 4.69) is 15.2 Å². The van der Waals surface area contributed by atoms with Gasteiger partial charge in [-0.1, -0.05) is 6.42 Å². The number of likely N-dealkylation sites (tertiary alicyclic amines) is 1. The summed E-state index contributed by atoms with van der Waals surface area (Å²) in [6.07, 6.45) is 4.05. The SMILES string of the molecule is COc1ccc(OC)c(CC(=O)Nc2nc(CN3CCCCC3)cs2)c1. The Kier molecular flexibility index (Phi) is 6.46. The number of anilines is 1. The van der Waals surface area contributed by atoms with Crippen LogP contribution in [0, 0.1) is 0 Å². The van der Waals surface area contributed by atoms with Crippen molar-refractivity contribution in [3.8, 4) is 11.5 Å². The van der Waals surface area contributed by atoms with Gasteiger partial charge >= 0.3 is 0 Å². The fourth-order valence-corrected chi connectivity index (χ4v) is 3.86. The molecule has 2 aromatic rings. The van der Waals surface area contributed by atoms with Gasteiger partial charge in [0.25, 0.3) is 0 Å². The van der Waals surface area contributed by atoms with Gasteiger partial charge in [-0.15, -0.1) is 11.3 Å². The molecular weight excluding hydrogens is 350 g/mol. The molecule has 0 atom stereocenters. The number of methoxy groups -OCH3 is 2. The van der Waals surface area contributed by atoms with Gasteiger partial charge in [0.05, 0.1) is 26.3 Å². The summed E-state index contributed by atoms with van der Waals surface area (Å²) < 4.78 is 10.6. The predicted octanol–water partition coefficient (Wildman–Crippen LogP) is 3.33. The van der Waals surface area contributed by atoms with Gasteiger partial charge in [0.2, 0.25) is 5.91 Å². The van der Waals surface area contributed by atoms with Crippen LogP contribution < -0.4 is 14.8 Å². The van der Waals surface area contributed by atoms with E-state index >= 15 is 0 Å². The Morgan fingerprint density at radius 3 is 2.77 bits per heavy atom. The first-order chi connectivity index (χ1) is 12.7. The lowest BCUT2D eigenvalue weighted by Gasteiger charge is -2.25. The van der Waals surface area contributed by atoms with Gasteiger partial charge in [-0.25, -0.2) is 4.98 Å². The van der Waals surface area contributed by atoms with Gasteiger partial charge < -0.3 is 14.8 Å². The van der Waals surface area contributed by atoms with Crippen LogP contribution in [0.5, 0.6) is 11.5 Å². The Bertz CT molecular complexity index is 741. The zero-order chi connectivity index (χ0) is 18.4. The van der Waals surface area contributed by atoms with Crippen LogP contribution in [0.3, 0.4) is 0 Å². The molecule has 1 aliphatic heterocycles. The molecule has 1 amide bonds. The number of nitrogens with zero attached hydrogens (tertiary/aromatic N) is 2. The number of hydrogen-bond donors (Lipinski definition) is 1. The second-order valence-electron chi connectivity index (χ2n) is 6.38. The third-order valence-electron chi connectivity index (χ3n) is 4.47. The molecule has 1 saturated heterocycles. The highest BCUT2D eigenvalue weighted by molar-refractivity contribution is 7.13. The van der Waals surface area contributed by atoms with Crippen LogP contribution in [-0.2, 0) is 17.8 Å². The van der Waals surface area contributed by atoms with Crippen molar-refractivity contribution >= 4 is 22.4 Å². The number of nitrogens with one attached hydrogen (secondary N) is 1. The molecule has 26 heavy (non-hydrogen) atoms. The van der Waals surface area contributed by atoms with Crippen molar-refractivity contribution in [1.82, 2.24) is 9.88 Å². The number of carbonyl (C=O) groups is 1. The predicted molar refractivity (Wildman–Crippen MR) is 103 cm³/mol. The minimum atomic E-state index is -0.115. The summed E-state index contributed by atoms with van der Waals surface area (Å²) in [7, 11) is 3.20. The normalized spacial score (nSPS) is 14.8. The van der Waals surface area contributed by atoms with Crippen LogP contribution in [0.2, 0.25) is 0 Å². The second-order valence-corrected chi connectivity index (χ2v) is 7.24. The monoisotopic (exact) mass is 375 g/mol. The molecule has 0 aliphatic carbocycles. The molecule has 0 radical (unpaired) electrons. The summed E-state index contributed by atoms with van der Waals surface area (Å²) in [5.41, 5.74) is 1.81. The summed E-state index contributed by atoms with van der Waals surface area (Å²) in [6, 6.07) is 5.44. The zero-order valence-corrected chi connectivity index (χ0v) is 16.1. The summed E-state index contributed by atoms with van der Waals surface area (Å²) in [6.45, 7) is 3.12. The molecule has 0 bridgehead atoms. The van der Waals surface area contributed by atoms with E-state index in [1.807, 2.05) is 23.6 Å². The lowest BCUT2D eigenvalue weighted by atomic mass is 10.1. The summed E-state index contributed by atoms with van der Waals surface area (Å²) in [5, 5.41) is 5.56. The average Bonchev–Trinajstić information content (AvgIpc) is 3.09. The summed E-state index contributed by atoms with van der Waals surface area (Å²) in [5.74, 6) is 1.26. The summed E-state index contributed by atoms with van der Waals surface area (Å²) >= 11 is 1.47. The maximum Gasteiger partial charge on any atom is 0.230 e. The van der Waals surface area contributed by atoms with Crippen molar-refractivity contribution in [1.29, 1.82) is 0 Å². The molecule has 2 heterocycles. The molecule has 7 heteroatoms. The van der Waals surface area contributed by atoms with E-state index in [4.69, 9.17) is 9.47 Å². The number of hydrogen-bond acceptors (Lipinski definition) is 6. The number of rotatable bonds is 7. The lowest BCUT2D eigenvalue weighted by Crippen LogP contribution is -2.29. The number of ether oxygens (including phenoxy) is 2. The molecule has 1 aromatic heterocycles. The van der Waals surface area contributed by atoms with Gasteiger partial charge in [0, 0.05) is 17.5 Å². The Morgan fingerprint density at radius 1 is 1.23 bits per heavy atom. The number of carbonyl (C=O) groups excluding carboxylic acids is 1. The molecule has 0 saturated carbocycles. The van der Waals surface area contributed by atoms with E-state index < -0.39 is 0 Å². The number of aromatic nitrogens is 1. The quantitative estimate of drug-likeness (QED) is 0.804. The minimum absolute atomic E-state index is 0.115. The molecule has 1 fully saturated rings. The van der Waals surface area contributed by atoms with Crippen LogP contribution in [0.25, 0.3) is 0 Å². The molecule has 1 aromatic carbocycles. The molecule has 1 N–H and O–H groups in total. The van der Waals surface area contributed by atoms with Crippen molar-refractivity contribution in [3.63, 3.8) is 0 Å². The Morgan fingerprint density at radius 2 is 2.04 bits per heavy atom. The highest BCUT2D eigenvalue weighted by Gasteiger charge is 2.14. The van der Waals surface area contributed by atoms with Crippen molar-refractivity contribution < 1.29 is 14.3 Å². The fraction of sp³-hybridized carbons (Fsp3) is 0.474. The van der Waals surface area contributed by atoms with Crippen LogP contribution in [0.1, 0.15) is 30.5 Å². The first-order valence-electron chi connectivity index (χ1n) is 8.85. The molecular formula is C19H25N3O3S. The van der Waals surface area contributed by atoms with E-state index in [0.717, 1.165) is 30.9 Å². The molecule has 140 valence electrons. The third-order valence-corrected chi connectivity index (χ3v) is 5.28. The van der Waals surface area contributed by atoms with Gasteiger partial charge in [-0.05, 0) is 44.1 Å². The molecule has 6 nitrogen and oxygen atoms in total. The molecule has 3 rings (SSSR count). The highest BCUT2D eigenvalue weighted by atomic mass is 32.1. The Labute approximate surface area is 158 Å². The van der Waals surface area contributed by atoms with Crippen molar-refractivity contribution in [2.24, 2.45) is 0 Å². The van der Waals surface area contributed by atoms with Gasteiger partial charge in [-0.3, -0.25) is 9.69 Å². The van der Waals surface area contributed by atoms with Gasteiger partial charge in [-0.2, -0.15) is 0 Å². The topological polar surface area (TPSA) is 63.7 Å². The van der Waals surface area contributed by atoms with Crippen LogP contribution in [0.4, 0.5) is 5.13 Å². The minimum Gasteiger partial charge on any atom is -0.497 e. The van der Waals surface area contributed by atoms with Crippen molar-refractivity contribution in [2.75, 3.05) is 32.6 Å². The van der Waals surface area contributed by atoms with Gasteiger partial charge in [0.15, 0.2) is 5.13 Å². The smallest absolute Gasteiger partial charge is 0.230 e. The maximum atomic E-state index is 12.4. The van der Waals surface area contributed by atoms with E-state index in [1.54, 1.807) is 14.2 Å².